The number of rotatable bonds is 7. The summed E-state index contributed by atoms with van der Waals surface area (Å²) in [6, 6.07) is 11.4. The number of hydrogen-bond donors (Lipinski definition) is 3. The van der Waals surface area contributed by atoms with Gasteiger partial charge in [0.1, 0.15) is 0 Å². The fourth-order valence-corrected chi connectivity index (χ4v) is 5.07. The number of H-pyrrole nitrogens is 1. The van der Waals surface area contributed by atoms with Crippen molar-refractivity contribution in [1.29, 1.82) is 0 Å². The van der Waals surface area contributed by atoms with E-state index in [2.05, 4.69) is 39.8 Å². The number of hydrogen-bond acceptors (Lipinski definition) is 6. The number of nitrogens with zero attached hydrogens (tertiary/aromatic N) is 2. The summed E-state index contributed by atoms with van der Waals surface area (Å²) in [4.78, 5) is 16.1. The second-order valence-electron chi connectivity index (χ2n) is 7.13. The first-order valence-electron chi connectivity index (χ1n) is 10.2. The van der Waals surface area contributed by atoms with Crippen molar-refractivity contribution in [3.63, 3.8) is 0 Å². The molecule has 3 aromatic rings. The predicted octanol–water partition coefficient (Wildman–Crippen LogP) is 4.30. The predicted molar refractivity (Wildman–Crippen MR) is 130 cm³/mol. The first-order valence-corrected chi connectivity index (χ1v) is 12.3. The normalized spacial score (nSPS) is 14.5. The Morgan fingerprint density at radius 1 is 1.29 bits per heavy atom. The van der Waals surface area contributed by atoms with Gasteiger partial charge in [-0.15, -0.1) is 0 Å². The molecular formula is C22H24IN4O3S+. The molecule has 0 bridgehead atoms. The van der Waals surface area contributed by atoms with Crippen molar-refractivity contribution in [3.8, 4) is 22.8 Å². The summed E-state index contributed by atoms with van der Waals surface area (Å²) < 4.78 is 8.05. The van der Waals surface area contributed by atoms with Crippen LogP contribution in [0.1, 0.15) is 38.4 Å². The van der Waals surface area contributed by atoms with Crippen LogP contribution in [0.5, 0.6) is 11.5 Å². The first-order chi connectivity index (χ1) is 15.0. The fraction of sp³-hybridized carbons (Fsp3) is 0.318. The fourth-order valence-electron chi connectivity index (χ4n) is 3.51. The van der Waals surface area contributed by atoms with Gasteiger partial charge >= 0.3 is 11.3 Å². The van der Waals surface area contributed by atoms with Crippen LogP contribution in [0, 0.1) is 3.57 Å². The van der Waals surface area contributed by atoms with E-state index in [0.717, 1.165) is 35.4 Å². The van der Waals surface area contributed by atoms with Gasteiger partial charge in [-0.3, -0.25) is 9.78 Å². The summed E-state index contributed by atoms with van der Waals surface area (Å²) in [6.45, 7) is 4.45. The smallest absolute Gasteiger partial charge is 0.325 e. The van der Waals surface area contributed by atoms with E-state index >= 15 is 0 Å². The number of aromatic hydroxyl groups is 1. The Hall–Kier alpha value is -2.27. The number of phenols is 1. The molecule has 31 heavy (non-hydrogen) atoms. The second kappa shape index (κ2) is 9.47. The molecule has 0 amide bonds. The van der Waals surface area contributed by atoms with Gasteiger partial charge in [0.2, 0.25) is 5.16 Å². The number of halogens is 1. The van der Waals surface area contributed by atoms with Crippen LogP contribution in [-0.2, 0) is 0 Å². The van der Waals surface area contributed by atoms with E-state index in [1.165, 1.54) is 0 Å². The number of unbranched alkanes of at least 4 members (excludes halogenated alkanes) is 1. The molecule has 2 aromatic carbocycles. The van der Waals surface area contributed by atoms with Crippen molar-refractivity contribution < 1.29 is 14.5 Å². The lowest BCUT2D eigenvalue weighted by Crippen LogP contribution is -2.55. The highest BCUT2D eigenvalue weighted by Crippen LogP contribution is 2.37. The standard InChI is InChI=1S/C22H23IN4O3S/c1-3-5-10-31-22-25-21(29)18-14-8-6-7-9-16(14)24-20(27(18)26-22)13-11-15(23)19(28)17(12-13)30-4-2/h6-9,11-12,20H,3-5,10H2,1-2H3,(H2,25,26,28,29)/p+1/t20-/m0/s1. The van der Waals surface area contributed by atoms with E-state index in [1.807, 2.05) is 37.3 Å². The van der Waals surface area contributed by atoms with Crippen LogP contribution in [0.15, 0.2) is 46.3 Å². The van der Waals surface area contributed by atoms with E-state index in [4.69, 9.17) is 9.84 Å². The largest absolute Gasteiger partial charge is 0.504 e. The molecule has 1 aliphatic heterocycles. The number of aromatic nitrogens is 3. The highest BCUT2D eigenvalue weighted by atomic mass is 127. The number of phenolic OH excluding ortho intramolecular Hbond substituents is 1. The Morgan fingerprint density at radius 3 is 2.87 bits per heavy atom. The number of ether oxygens (including phenoxy) is 1. The molecule has 0 radical (unpaired) electrons. The van der Waals surface area contributed by atoms with Gasteiger partial charge in [-0.2, -0.15) is 0 Å². The summed E-state index contributed by atoms with van der Waals surface area (Å²) in [5.41, 5.74) is 2.82. The molecule has 1 atom stereocenters. The third-order valence-corrected chi connectivity index (χ3v) is 6.76. The maximum Gasteiger partial charge on any atom is 0.325 e. The number of fused-ring (bicyclic) bond motifs is 3. The van der Waals surface area contributed by atoms with Crippen LogP contribution < -0.4 is 20.3 Å². The molecule has 0 saturated heterocycles. The quantitative estimate of drug-likeness (QED) is 0.176. The van der Waals surface area contributed by atoms with Gasteiger partial charge < -0.3 is 15.2 Å². The highest BCUT2D eigenvalue weighted by molar-refractivity contribution is 14.1. The molecule has 0 spiro atoms. The number of thioether (sulfide) groups is 1. The van der Waals surface area contributed by atoms with Crippen LogP contribution in [0.3, 0.4) is 0 Å². The van der Waals surface area contributed by atoms with E-state index in [9.17, 15) is 9.90 Å². The number of para-hydroxylation sites is 1. The third-order valence-electron chi connectivity index (χ3n) is 4.99. The lowest BCUT2D eigenvalue weighted by molar-refractivity contribution is -0.759. The Morgan fingerprint density at radius 2 is 2.10 bits per heavy atom. The first kappa shape index (κ1) is 21.9. The van der Waals surface area contributed by atoms with Crippen LogP contribution in [0.2, 0.25) is 0 Å². The van der Waals surface area contributed by atoms with Gasteiger partial charge in [0.15, 0.2) is 11.5 Å². The molecule has 0 aliphatic carbocycles. The van der Waals surface area contributed by atoms with Gasteiger partial charge in [0, 0.05) is 16.4 Å². The summed E-state index contributed by atoms with van der Waals surface area (Å²) >= 11 is 3.63. The molecule has 0 saturated carbocycles. The molecular weight excluding hydrogens is 527 g/mol. The zero-order valence-electron chi connectivity index (χ0n) is 17.3. The van der Waals surface area contributed by atoms with Crippen molar-refractivity contribution in [2.24, 2.45) is 0 Å². The lowest BCUT2D eigenvalue weighted by Gasteiger charge is -2.23. The van der Waals surface area contributed by atoms with E-state index in [0.29, 0.717) is 26.8 Å². The zero-order chi connectivity index (χ0) is 22.0. The molecule has 3 N–H and O–H groups in total. The average Bonchev–Trinajstić information content (AvgIpc) is 2.76. The summed E-state index contributed by atoms with van der Waals surface area (Å²) in [7, 11) is 0. The van der Waals surface area contributed by atoms with Crippen molar-refractivity contribution in [1.82, 2.24) is 10.1 Å². The lowest BCUT2D eigenvalue weighted by atomic mass is 10.0. The van der Waals surface area contributed by atoms with Gasteiger partial charge in [-0.25, -0.2) is 0 Å². The highest BCUT2D eigenvalue weighted by Gasteiger charge is 2.38. The van der Waals surface area contributed by atoms with Crippen LogP contribution in [0.25, 0.3) is 11.3 Å². The molecule has 4 rings (SSSR count). The maximum atomic E-state index is 13.1. The molecule has 9 heteroatoms. The zero-order valence-corrected chi connectivity index (χ0v) is 20.3. The summed E-state index contributed by atoms with van der Waals surface area (Å²) in [5.74, 6) is 1.41. The van der Waals surface area contributed by atoms with Crippen LogP contribution in [0.4, 0.5) is 5.69 Å². The summed E-state index contributed by atoms with van der Waals surface area (Å²) in [5, 5.41) is 19.3. The van der Waals surface area contributed by atoms with Crippen molar-refractivity contribution in [3.05, 3.63) is 55.9 Å². The minimum absolute atomic E-state index is 0.113. The Labute approximate surface area is 198 Å². The Balaban J connectivity index is 1.87. The molecule has 0 fully saturated rings. The monoisotopic (exact) mass is 551 g/mol. The van der Waals surface area contributed by atoms with E-state index in [1.54, 1.807) is 22.5 Å². The minimum Gasteiger partial charge on any atom is -0.504 e. The Kier molecular flexibility index (Phi) is 6.71. The van der Waals surface area contributed by atoms with Gasteiger partial charge in [0.05, 0.1) is 21.4 Å². The SMILES string of the molecule is CCCCSc1n[n+]2c(c(=O)[nH]1)-c1ccccc1N[C@@H]2c1cc(I)c(O)c(OCC)c1. The van der Waals surface area contributed by atoms with Crippen LogP contribution in [-0.4, -0.2) is 27.5 Å². The van der Waals surface area contributed by atoms with Gasteiger partial charge in [0.25, 0.3) is 6.17 Å². The van der Waals surface area contributed by atoms with Crippen molar-refractivity contribution >= 4 is 40.0 Å². The molecule has 162 valence electrons. The third kappa shape index (κ3) is 4.38. The number of anilines is 1. The van der Waals surface area contributed by atoms with Gasteiger partial charge in [-0.05, 0) is 64.9 Å². The van der Waals surface area contributed by atoms with Crippen molar-refractivity contribution in [2.45, 2.75) is 38.0 Å². The average molecular weight is 551 g/mol. The minimum atomic E-state index is -0.425. The number of nitrogens with one attached hydrogen (secondary N) is 2. The molecule has 0 unspecified atom stereocenters. The molecule has 7 nitrogen and oxygen atoms in total. The number of benzene rings is 2. The maximum absolute atomic E-state index is 13.1. The number of aromatic amines is 1. The van der Waals surface area contributed by atoms with Crippen LogP contribution >= 0.6 is 34.4 Å². The van der Waals surface area contributed by atoms with Crippen molar-refractivity contribution in [2.75, 3.05) is 17.7 Å². The summed E-state index contributed by atoms with van der Waals surface area (Å²) in [6.07, 6.45) is 1.71. The van der Waals surface area contributed by atoms with E-state index < -0.39 is 6.17 Å². The second-order valence-corrected chi connectivity index (χ2v) is 9.38. The molecule has 2 heterocycles. The topological polar surface area (TPSA) is 91.1 Å². The molecule has 1 aliphatic rings. The van der Waals surface area contributed by atoms with Gasteiger partial charge in [-0.1, -0.05) is 37.2 Å². The molecule has 1 aromatic heterocycles. The Bertz CT molecular complexity index is 1170. The van der Waals surface area contributed by atoms with E-state index in [-0.39, 0.29) is 11.3 Å².